The third-order valence-corrected chi connectivity index (χ3v) is 4.44. The molecule has 1 atom stereocenters. The first-order valence-electron chi connectivity index (χ1n) is 8.93. The van der Waals surface area contributed by atoms with Crippen molar-refractivity contribution < 1.29 is 9.21 Å². The molecule has 0 bridgehead atoms. The molecule has 0 unspecified atom stereocenters. The fraction of sp³-hybridized carbons (Fsp3) is 0.143. The summed E-state index contributed by atoms with van der Waals surface area (Å²) >= 11 is 0. The van der Waals surface area contributed by atoms with Crippen molar-refractivity contribution >= 4 is 5.91 Å². The Labute approximate surface area is 162 Å². The molecule has 1 amide bonds. The smallest absolute Gasteiger partial charge is 0.225 e. The molecular weight excluding hydrogens is 354 g/mol. The maximum absolute atomic E-state index is 12.7. The van der Waals surface area contributed by atoms with Crippen LogP contribution in [0.25, 0.3) is 5.69 Å². The summed E-state index contributed by atoms with van der Waals surface area (Å²) in [5.74, 6) is 1.32. The Morgan fingerprint density at radius 2 is 1.86 bits per heavy atom. The lowest BCUT2D eigenvalue weighted by Crippen LogP contribution is -2.30. The average molecular weight is 373 g/mol. The van der Waals surface area contributed by atoms with Gasteiger partial charge >= 0.3 is 0 Å². The Balaban J connectivity index is 1.47. The summed E-state index contributed by atoms with van der Waals surface area (Å²) in [6.45, 7) is 1.83. The molecule has 0 spiro atoms. The Kier molecular flexibility index (Phi) is 4.97. The highest BCUT2D eigenvalue weighted by Crippen LogP contribution is 2.22. The van der Waals surface area contributed by atoms with Crippen LogP contribution in [0.1, 0.15) is 28.8 Å². The predicted octanol–water partition coefficient (Wildman–Crippen LogP) is 3.01. The van der Waals surface area contributed by atoms with Crippen LogP contribution in [0.2, 0.25) is 0 Å². The van der Waals surface area contributed by atoms with Crippen molar-refractivity contribution in [3.05, 3.63) is 95.7 Å². The summed E-state index contributed by atoms with van der Waals surface area (Å²) < 4.78 is 7.18. The van der Waals surface area contributed by atoms with Crippen molar-refractivity contribution in [1.29, 1.82) is 0 Å². The molecule has 7 nitrogen and oxygen atoms in total. The predicted molar refractivity (Wildman–Crippen MR) is 103 cm³/mol. The molecule has 0 aliphatic heterocycles. The second-order valence-electron chi connectivity index (χ2n) is 6.41. The van der Waals surface area contributed by atoms with Gasteiger partial charge in [0.15, 0.2) is 5.82 Å². The first kappa shape index (κ1) is 17.7. The number of carbonyl (C=O) groups is 1. The SMILES string of the molecule is Cc1nnnn1-c1ccc(CC(=O)N[C@H](c2ccccc2)c2ccco2)cc1. The number of tetrazole rings is 1. The van der Waals surface area contributed by atoms with Crippen LogP contribution in [-0.4, -0.2) is 26.1 Å². The lowest BCUT2D eigenvalue weighted by atomic mass is 10.0. The molecule has 0 saturated heterocycles. The number of benzene rings is 2. The summed E-state index contributed by atoms with van der Waals surface area (Å²) in [5, 5.41) is 14.5. The van der Waals surface area contributed by atoms with Crippen molar-refractivity contribution in [2.45, 2.75) is 19.4 Å². The molecular formula is C21H19N5O2. The van der Waals surface area contributed by atoms with Gasteiger partial charge in [-0.05, 0) is 52.7 Å². The van der Waals surface area contributed by atoms with E-state index in [0.717, 1.165) is 16.8 Å². The van der Waals surface area contributed by atoms with E-state index in [2.05, 4.69) is 20.8 Å². The largest absolute Gasteiger partial charge is 0.467 e. The Bertz CT molecular complexity index is 1040. The Morgan fingerprint density at radius 1 is 1.07 bits per heavy atom. The molecule has 140 valence electrons. The number of aryl methyl sites for hydroxylation is 1. The molecule has 0 aliphatic carbocycles. The zero-order valence-corrected chi connectivity index (χ0v) is 15.3. The van der Waals surface area contributed by atoms with Crippen LogP contribution in [0.4, 0.5) is 0 Å². The topological polar surface area (TPSA) is 85.8 Å². The first-order valence-corrected chi connectivity index (χ1v) is 8.93. The quantitative estimate of drug-likeness (QED) is 0.561. The molecule has 0 saturated carbocycles. The highest BCUT2D eigenvalue weighted by atomic mass is 16.3. The van der Waals surface area contributed by atoms with Gasteiger partial charge in [0, 0.05) is 0 Å². The molecule has 28 heavy (non-hydrogen) atoms. The number of hydrogen-bond donors (Lipinski definition) is 1. The molecule has 0 aliphatic rings. The number of aromatic nitrogens is 4. The van der Waals surface area contributed by atoms with Gasteiger partial charge in [-0.2, -0.15) is 4.68 Å². The standard InChI is InChI=1S/C21H19N5O2/c1-15-23-24-25-26(15)18-11-9-16(10-12-18)14-20(27)22-21(19-8-5-13-28-19)17-6-3-2-4-7-17/h2-13,21H,14H2,1H3,(H,22,27)/t21-/m1/s1. The number of furan rings is 1. The average Bonchev–Trinajstić information content (AvgIpc) is 3.39. The van der Waals surface area contributed by atoms with Gasteiger partial charge in [0.1, 0.15) is 11.8 Å². The van der Waals surface area contributed by atoms with Gasteiger partial charge in [-0.25, -0.2) is 0 Å². The number of amides is 1. The maximum atomic E-state index is 12.7. The lowest BCUT2D eigenvalue weighted by molar-refractivity contribution is -0.121. The monoisotopic (exact) mass is 373 g/mol. The normalized spacial score (nSPS) is 11.9. The molecule has 2 heterocycles. The van der Waals surface area contributed by atoms with Crippen LogP contribution >= 0.6 is 0 Å². The van der Waals surface area contributed by atoms with E-state index in [0.29, 0.717) is 11.6 Å². The van der Waals surface area contributed by atoms with Crippen LogP contribution in [0.15, 0.2) is 77.4 Å². The van der Waals surface area contributed by atoms with E-state index >= 15 is 0 Å². The third kappa shape index (κ3) is 3.83. The number of nitrogens with one attached hydrogen (secondary N) is 1. The number of nitrogens with zero attached hydrogens (tertiary/aromatic N) is 4. The van der Waals surface area contributed by atoms with E-state index in [1.165, 1.54) is 0 Å². The zero-order valence-electron chi connectivity index (χ0n) is 15.3. The fourth-order valence-electron chi connectivity index (χ4n) is 3.04. The molecule has 4 aromatic rings. The summed E-state index contributed by atoms with van der Waals surface area (Å²) in [6, 6.07) is 20.7. The second-order valence-corrected chi connectivity index (χ2v) is 6.41. The molecule has 2 aromatic carbocycles. The molecule has 2 aromatic heterocycles. The van der Waals surface area contributed by atoms with Crippen molar-refractivity contribution in [3.8, 4) is 5.69 Å². The van der Waals surface area contributed by atoms with Gasteiger partial charge in [-0.3, -0.25) is 4.79 Å². The number of carbonyl (C=O) groups excluding carboxylic acids is 1. The van der Waals surface area contributed by atoms with E-state index < -0.39 is 0 Å². The number of hydrogen-bond acceptors (Lipinski definition) is 5. The van der Waals surface area contributed by atoms with Crippen LogP contribution in [0, 0.1) is 6.92 Å². The summed E-state index contributed by atoms with van der Waals surface area (Å²) in [5.41, 5.74) is 2.72. The summed E-state index contributed by atoms with van der Waals surface area (Å²) in [4.78, 5) is 12.7. The Morgan fingerprint density at radius 3 is 2.50 bits per heavy atom. The molecule has 0 fully saturated rings. The van der Waals surface area contributed by atoms with E-state index in [1.807, 2.05) is 73.7 Å². The highest BCUT2D eigenvalue weighted by molar-refractivity contribution is 5.79. The van der Waals surface area contributed by atoms with Gasteiger partial charge in [-0.15, -0.1) is 5.10 Å². The van der Waals surface area contributed by atoms with Crippen molar-refractivity contribution in [3.63, 3.8) is 0 Å². The van der Waals surface area contributed by atoms with E-state index in [1.54, 1.807) is 10.9 Å². The minimum atomic E-state index is -0.327. The summed E-state index contributed by atoms with van der Waals surface area (Å²) in [6.07, 6.45) is 1.87. The van der Waals surface area contributed by atoms with Crippen LogP contribution in [0.3, 0.4) is 0 Å². The van der Waals surface area contributed by atoms with Gasteiger partial charge in [0.2, 0.25) is 5.91 Å². The fourth-order valence-corrected chi connectivity index (χ4v) is 3.04. The van der Waals surface area contributed by atoms with Gasteiger partial charge < -0.3 is 9.73 Å². The summed E-state index contributed by atoms with van der Waals surface area (Å²) in [7, 11) is 0. The van der Waals surface area contributed by atoms with Gasteiger partial charge in [0.25, 0.3) is 0 Å². The van der Waals surface area contributed by atoms with Crippen LogP contribution in [0.5, 0.6) is 0 Å². The maximum Gasteiger partial charge on any atom is 0.225 e. The Hall–Kier alpha value is -3.74. The van der Waals surface area contributed by atoms with Crippen LogP contribution in [-0.2, 0) is 11.2 Å². The zero-order chi connectivity index (χ0) is 19.3. The van der Waals surface area contributed by atoms with Crippen molar-refractivity contribution in [1.82, 2.24) is 25.5 Å². The van der Waals surface area contributed by atoms with E-state index in [9.17, 15) is 4.79 Å². The molecule has 4 rings (SSSR count). The van der Waals surface area contributed by atoms with Crippen LogP contribution < -0.4 is 5.32 Å². The van der Waals surface area contributed by atoms with Crippen molar-refractivity contribution in [2.24, 2.45) is 0 Å². The second kappa shape index (κ2) is 7.87. The third-order valence-electron chi connectivity index (χ3n) is 4.44. The molecule has 7 heteroatoms. The molecule has 1 N–H and O–H groups in total. The minimum absolute atomic E-state index is 0.0865. The van der Waals surface area contributed by atoms with Gasteiger partial charge in [0.05, 0.1) is 18.4 Å². The van der Waals surface area contributed by atoms with Crippen molar-refractivity contribution in [2.75, 3.05) is 0 Å². The van der Waals surface area contributed by atoms with Gasteiger partial charge in [-0.1, -0.05) is 42.5 Å². The minimum Gasteiger partial charge on any atom is -0.467 e. The lowest BCUT2D eigenvalue weighted by Gasteiger charge is -2.17. The molecule has 0 radical (unpaired) electrons. The highest BCUT2D eigenvalue weighted by Gasteiger charge is 2.19. The van der Waals surface area contributed by atoms with E-state index in [4.69, 9.17) is 4.42 Å². The number of rotatable bonds is 6. The van der Waals surface area contributed by atoms with E-state index in [-0.39, 0.29) is 18.4 Å². The first-order chi connectivity index (χ1) is 13.7.